The van der Waals surface area contributed by atoms with Gasteiger partial charge in [-0.25, -0.2) is 4.98 Å². The molecule has 82 valence electrons. The van der Waals surface area contributed by atoms with Crippen LogP contribution in [0.25, 0.3) is 0 Å². The first-order chi connectivity index (χ1) is 7.08. The molecule has 0 spiro atoms. The van der Waals surface area contributed by atoms with E-state index in [4.69, 9.17) is 16.7 Å². The zero-order chi connectivity index (χ0) is 11.3. The van der Waals surface area contributed by atoms with Crippen LogP contribution >= 0.6 is 11.6 Å². The lowest BCUT2D eigenvalue weighted by molar-refractivity contribution is -0.137. The molecule has 15 heavy (non-hydrogen) atoms. The summed E-state index contributed by atoms with van der Waals surface area (Å²) in [4.78, 5) is 14.3. The molecule has 1 heterocycles. The molecule has 1 unspecified atom stereocenters. The molecule has 0 saturated heterocycles. The number of halogens is 1. The van der Waals surface area contributed by atoms with Gasteiger partial charge < -0.3 is 10.4 Å². The van der Waals surface area contributed by atoms with Crippen LogP contribution in [0.5, 0.6) is 0 Å². The Hall–Kier alpha value is -1.29. The van der Waals surface area contributed by atoms with E-state index in [0.717, 1.165) is 5.69 Å². The quantitative estimate of drug-likeness (QED) is 0.760. The van der Waals surface area contributed by atoms with Gasteiger partial charge in [0.25, 0.3) is 0 Å². The van der Waals surface area contributed by atoms with E-state index in [1.807, 2.05) is 13.0 Å². The van der Waals surface area contributed by atoms with Gasteiger partial charge in [-0.2, -0.15) is 0 Å². The Morgan fingerprint density at radius 2 is 2.40 bits per heavy atom. The second-order valence-electron chi connectivity index (χ2n) is 3.35. The van der Waals surface area contributed by atoms with E-state index in [1.54, 1.807) is 12.3 Å². The largest absolute Gasteiger partial charge is 0.481 e. The highest BCUT2D eigenvalue weighted by Crippen LogP contribution is 2.12. The number of carboxylic acids is 1. The summed E-state index contributed by atoms with van der Waals surface area (Å²) in [6.07, 6.45) is 2.37. The Morgan fingerprint density at radius 1 is 1.67 bits per heavy atom. The van der Waals surface area contributed by atoms with Crippen LogP contribution in [-0.2, 0) is 4.79 Å². The van der Waals surface area contributed by atoms with Crippen molar-refractivity contribution < 1.29 is 9.90 Å². The number of anilines is 1. The average Bonchev–Trinajstić information content (AvgIpc) is 2.19. The van der Waals surface area contributed by atoms with Crippen molar-refractivity contribution in [3.63, 3.8) is 0 Å². The molecule has 1 aromatic heterocycles. The molecular weight excluding hydrogens is 216 g/mol. The second kappa shape index (κ2) is 5.56. The Balaban J connectivity index is 2.40. The Kier molecular flexibility index (Phi) is 4.37. The minimum absolute atomic E-state index is 0.101. The summed E-state index contributed by atoms with van der Waals surface area (Å²) in [6.45, 7) is 1.93. The molecule has 1 rings (SSSR count). The van der Waals surface area contributed by atoms with E-state index in [1.165, 1.54) is 0 Å². The molecule has 4 nitrogen and oxygen atoms in total. The number of pyridine rings is 1. The fourth-order valence-electron chi connectivity index (χ4n) is 1.16. The van der Waals surface area contributed by atoms with Crippen LogP contribution in [0.4, 0.5) is 5.69 Å². The van der Waals surface area contributed by atoms with Gasteiger partial charge in [0.2, 0.25) is 0 Å². The van der Waals surface area contributed by atoms with Crippen molar-refractivity contribution in [1.82, 2.24) is 4.98 Å². The molecule has 0 aromatic carbocycles. The number of aliphatic carboxylic acids is 1. The summed E-state index contributed by atoms with van der Waals surface area (Å²) >= 11 is 5.63. The van der Waals surface area contributed by atoms with Crippen LogP contribution in [0.2, 0.25) is 5.15 Å². The number of nitrogens with one attached hydrogen (secondary N) is 1. The lowest BCUT2D eigenvalue weighted by Gasteiger charge is -2.13. The van der Waals surface area contributed by atoms with Crippen molar-refractivity contribution in [1.29, 1.82) is 0 Å². The lowest BCUT2D eigenvalue weighted by atomic mass is 10.2. The van der Waals surface area contributed by atoms with Crippen molar-refractivity contribution in [2.24, 2.45) is 0 Å². The predicted molar refractivity (Wildman–Crippen MR) is 59.2 cm³/mol. The molecule has 0 radical (unpaired) electrons. The Bertz CT molecular complexity index is 327. The zero-order valence-corrected chi connectivity index (χ0v) is 9.16. The van der Waals surface area contributed by atoms with Gasteiger partial charge >= 0.3 is 5.97 Å². The van der Waals surface area contributed by atoms with Crippen molar-refractivity contribution >= 4 is 23.3 Å². The van der Waals surface area contributed by atoms with E-state index >= 15 is 0 Å². The van der Waals surface area contributed by atoms with Gasteiger partial charge in [0.15, 0.2) is 0 Å². The topological polar surface area (TPSA) is 62.2 Å². The number of aromatic nitrogens is 1. The summed E-state index contributed by atoms with van der Waals surface area (Å²) in [5.74, 6) is -0.780. The molecule has 5 heteroatoms. The third-order valence-corrected chi connectivity index (χ3v) is 2.16. The van der Waals surface area contributed by atoms with Gasteiger partial charge in [-0.15, -0.1) is 0 Å². The third-order valence-electron chi connectivity index (χ3n) is 1.93. The van der Waals surface area contributed by atoms with E-state index in [0.29, 0.717) is 11.6 Å². The molecule has 0 aliphatic carbocycles. The van der Waals surface area contributed by atoms with Crippen molar-refractivity contribution in [3.05, 3.63) is 23.5 Å². The monoisotopic (exact) mass is 228 g/mol. The molecule has 2 N–H and O–H groups in total. The molecule has 0 aliphatic heterocycles. The van der Waals surface area contributed by atoms with Gasteiger partial charge in [0, 0.05) is 12.5 Å². The Labute approximate surface area is 93.3 Å². The maximum atomic E-state index is 10.3. The number of hydrogen-bond donors (Lipinski definition) is 2. The highest BCUT2D eigenvalue weighted by atomic mass is 35.5. The van der Waals surface area contributed by atoms with Crippen molar-refractivity contribution in [3.8, 4) is 0 Å². The summed E-state index contributed by atoms with van der Waals surface area (Å²) in [5, 5.41) is 12.1. The van der Waals surface area contributed by atoms with Crippen LogP contribution < -0.4 is 5.32 Å². The second-order valence-corrected chi connectivity index (χ2v) is 3.73. The predicted octanol–water partition coefficient (Wildman–Crippen LogP) is 2.40. The molecule has 0 amide bonds. The summed E-state index contributed by atoms with van der Waals surface area (Å²) in [6, 6.07) is 3.60. The molecule has 0 bridgehead atoms. The highest BCUT2D eigenvalue weighted by Gasteiger charge is 2.05. The first kappa shape index (κ1) is 11.8. The molecule has 0 saturated carbocycles. The minimum atomic E-state index is -0.780. The fraction of sp³-hybridized carbons (Fsp3) is 0.400. The van der Waals surface area contributed by atoms with E-state index in [-0.39, 0.29) is 12.5 Å². The van der Waals surface area contributed by atoms with Crippen molar-refractivity contribution in [2.45, 2.75) is 25.8 Å². The van der Waals surface area contributed by atoms with Gasteiger partial charge in [-0.1, -0.05) is 11.6 Å². The first-order valence-electron chi connectivity index (χ1n) is 4.68. The van der Waals surface area contributed by atoms with Crippen LogP contribution in [0, 0.1) is 0 Å². The molecule has 0 aliphatic rings. The number of carboxylic acid groups (broad SMARTS) is 1. The third kappa shape index (κ3) is 4.65. The lowest BCUT2D eigenvalue weighted by Crippen LogP contribution is -2.16. The minimum Gasteiger partial charge on any atom is -0.481 e. The van der Waals surface area contributed by atoms with E-state index in [9.17, 15) is 4.79 Å². The highest BCUT2D eigenvalue weighted by molar-refractivity contribution is 6.29. The summed E-state index contributed by atoms with van der Waals surface area (Å²) in [5.41, 5.74) is 0.845. The van der Waals surface area contributed by atoms with Crippen LogP contribution in [-0.4, -0.2) is 22.1 Å². The average molecular weight is 229 g/mol. The van der Waals surface area contributed by atoms with E-state index < -0.39 is 5.97 Å². The van der Waals surface area contributed by atoms with Crippen LogP contribution in [0.15, 0.2) is 18.3 Å². The fourth-order valence-corrected chi connectivity index (χ4v) is 1.27. The molecular formula is C10H13ClN2O2. The molecule has 1 atom stereocenters. The SMILES string of the molecule is CC(CCC(=O)O)Nc1ccc(Cl)nc1. The standard InChI is InChI=1S/C10H13ClN2O2/c1-7(2-5-10(14)15)13-8-3-4-9(11)12-6-8/h3-4,6-7,13H,2,5H2,1H3,(H,14,15). The molecule has 0 fully saturated rings. The number of rotatable bonds is 5. The van der Waals surface area contributed by atoms with Crippen LogP contribution in [0.1, 0.15) is 19.8 Å². The van der Waals surface area contributed by atoms with Gasteiger partial charge in [-0.3, -0.25) is 4.79 Å². The van der Waals surface area contributed by atoms with Gasteiger partial charge in [-0.05, 0) is 25.5 Å². The number of carbonyl (C=O) groups is 1. The maximum Gasteiger partial charge on any atom is 0.303 e. The maximum absolute atomic E-state index is 10.3. The normalized spacial score (nSPS) is 12.1. The number of hydrogen-bond acceptors (Lipinski definition) is 3. The van der Waals surface area contributed by atoms with E-state index in [2.05, 4.69) is 10.3 Å². The Morgan fingerprint density at radius 3 is 2.93 bits per heavy atom. The van der Waals surface area contributed by atoms with Gasteiger partial charge in [0.05, 0.1) is 11.9 Å². The van der Waals surface area contributed by atoms with Crippen LogP contribution in [0.3, 0.4) is 0 Å². The van der Waals surface area contributed by atoms with Crippen molar-refractivity contribution in [2.75, 3.05) is 5.32 Å². The number of nitrogens with zero attached hydrogens (tertiary/aromatic N) is 1. The zero-order valence-electron chi connectivity index (χ0n) is 8.40. The first-order valence-corrected chi connectivity index (χ1v) is 5.05. The van der Waals surface area contributed by atoms with Gasteiger partial charge in [0.1, 0.15) is 5.15 Å². The smallest absolute Gasteiger partial charge is 0.303 e. The summed E-state index contributed by atoms with van der Waals surface area (Å²) < 4.78 is 0. The summed E-state index contributed by atoms with van der Waals surface area (Å²) in [7, 11) is 0. The molecule has 1 aromatic rings.